The van der Waals surface area contributed by atoms with Gasteiger partial charge in [-0.25, -0.2) is 9.67 Å². The summed E-state index contributed by atoms with van der Waals surface area (Å²) in [5, 5.41) is 26.8. The molecule has 0 bridgehead atoms. The minimum absolute atomic E-state index is 0.136. The Balaban J connectivity index is 1.63. The number of aryl methyl sites for hydroxylation is 1. The van der Waals surface area contributed by atoms with E-state index in [0.717, 1.165) is 16.5 Å². The molecule has 5 aromatic rings. The Kier molecular flexibility index (Phi) is 6.39. The van der Waals surface area contributed by atoms with Crippen molar-refractivity contribution in [2.75, 3.05) is 12.0 Å². The third kappa shape index (κ3) is 4.72. The zero-order valence-electron chi connectivity index (χ0n) is 20.7. The van der Waals surface area contributed by atoms with Crippen LogP contribution in [0.5, 0.6) is 5.75 Å². The number of halogens is 1. The van der Waals surface area contributed by atoms with Crippen molar-refractivity contribution in [2.24, 2.45) is 0 Å². The number of nitrogens with zero attached hydrogens (tertiary/aromatic N) is 4. The lowest BCUT2D eigenvalue weighted by Gasteiger charge is -2.32. The molecule has 0 fully saturated rings. The van der Waals surface area contributed by atoms with Gasteiger partial charge in [0.15, 0.2) is 11.5 Å². The van der Waals surface area contributed by atoms with Gasteiger partial charge in [0.05, 0.1) is 23.9 Å². The van der Waals surface area contributed by atoms with E-state index >= 15 is 0 Å². The maximum atomic E-state index is 13.5. The first kappa shape index (κ1) is 25.4. The molecule has 0 saturated heterocycles. The number of rotatable bonds is 6. The number of carbonyl (C=O) groups excluding carboxylic acids is 1. The molecule has 0 radical (unpaired) electrons. The van der Waals surface area contributed by atoms with Gasteiger partial charge in [-0.2, -0.15) is 5.10 Å². The summed E-state index contributed by atoms with van der Waals surface area (Å²) in [6.07, 6.45) is 0. The summed E-state index contributed by atoms with van der Waals surface area (Å²) in [6.45, 7) is 2.12. The number of anilines is 1. The monoisotopic (exact) mass is 534 g/mol. The number of oxazole rings is 1. The highest BCUT2D eigenvalue weighted by molar-refractivity contribution is 6.30. The summed E-state index contributed by atoms with van der Waals surface area (Å²) in [5.74, 6) is -2.53. The molecule has 1 amide bonds. The number of benzene rings is 3. The zero-order chi connectivity index (χ0) is 27.2. The lowest BCUT2D eigenvalue weighted by atomic mass is 10.0. The average Bonchev–Trinajstić information content (AvgIpc) is 3.24. The van der Waals surface area contributed by atoms with Crippen molar-refractivity contribution in [3.63, 3.8) is 0 Å². The van der Waals surface area contributed by atoms with E-state index in [9.17, 15) is 19.8 Å². The van der Waals surface area contributed by atoms with Crippen molar-refractivity contribution >= 4 is 45.1 Å². The van der Waals surface area contributed by atoms with Crippen LogP contribution in [0.15, 0.2) is 69.9 Å². The van der Waals surface area contributed by atoms with Crippen molar-refractivity contribution in [1.82, 2.24) is 14.8 Å². The van der Waals surface area contributed by atoms with Gasteiger partial charge in [-0.05, 0) is 42.5 Å². The summed E-state index contributed by atoms with van der Waals surface area (Å²) >= 11 is 6.21. The molecule has 3 aromatic carbocycles. The number of aromatic nitrogens is 3. The number of ether oxygens (including phenoxy) is 1. The van der Waals surface area contributed by atoms with Gasteiger partial charge in [0.25, 0.3) is 11.5 Å². The van der Waals surface area contributed by atoms with Crippen LogP contribution in [0.2, 0.25) is 5.02 Å². The second-order valence-corrected chi connectivity index (χ2v) is 9.25. The summed E-state index contributed by atoms with van der Waals surface area (Å²) in [5.41, 5.74) is 1.53. The Morgan fingerprint density at radius 2 is 1.92 bits per heavy atom. The van der Waals surface area contributed by atoms with Crippen molar-refractivity contribution in [1.29, 1.82) is 0 Å². The molecule has 38 heavy (non-hydrogen) atoms. The zero-order valence-corrected chi connectivity index (χ0v) is 21.4. The van der Waals surface area contributed by atoms with Crippen LogP contribution in [0.4, 0.5) is 5.69 Å². The quantitative estimate of drug-likeness (QED) is 0.314. The highest BCUT2D eigenvalue weighted by Gasteiger charge is 2.33. The first-order valence-corrected chi connectivity index (χ1v) is 11.9. The number of amides is 1. The normalized spacial score (nSPS) is 11.7. The molecule has 2 heterocycles. The second kappa shape index (κ2) is 9.56. The fraction of sp³-hybridized carbons (Fsp3) is 0.185. The van der Waals surface area contributed by atoms with Gasteiger partial charge >= 0.3 is 0 Å². The number of hydrogen-bond donors (Lipinski definition) is 2. The minimum Gasteiger partial charge on any atom is -0.497 e. The minimum atomic E-state index is -2.60. The molecular formula is C27H23ClN4O6. The van der Waals surface area contributed by atoms with Gasteiger partial charge < -0.3 is 19.4 Å². The van der Waals surface area contributed by atoms with Crippen LogP contribution in [-0.2, 0) is 11.3 Å². The Bertz CT molecular complexity index is 1750. The summed E-state index contributed by atoms with van der Waals surface area (Å²) < 4.78 is 11.8. The van der Waals surface area contributed by atoms with E-state index in [0.29, 0.717) is 44.4 Å². The molecule has 10 nitrogen and oxygen atoms in total. The van der Waals surface area contributed by atoms with E-state index in [2.05, 4.69) is 10.1 Å². The van der Waals surface area contributed by atoms with Crippen molar-refractivity contribution in [2.45, 2.75) is 26.3 Å². The third-order valence-electron chi connectivity index (χ3n) is 5.96. The molecule has 0 atom stereocenters. The van der Waals surface area contributed by atoms with Crippen LogP contribution < -0.4 is 15.2 Å². The topological polar surface area (TPSA) is 131 Å². The first-order chi connectivity index (χ1) is 18.0. The standard InChI is InChI=1S/C27H23ClN4O6/c1-15-29-22-10-7-18(12-23(22)38-15)32(27(2,35)36)24(33)14-31-26(34)21-13-19(37-3)8-9-20(21)25(30-31)16-5-4-6-17(28)11-16/h4-13,35-36H,14H2,1-3H3. The van der Waals surface area contributed by atoms with Crippen LogP contribution >= 0.6 is 11.6 Å². The van der Waals surface area contributed by atoms with Gasteiger partial charge in [0.2, 0.25) is 5.91 Å². The number of methoxy groups -OCH3 is 1. The van der Waals surface area contributed by atoms with E-state index < -0.39 is 23.9 Å². The number of hydrogen-bond acceptors (Lipinski definition) is 8. The van der Waals surface area contributed by atoms with Crippen molar-refractivity contribution < 1.29 is 24.2 Å². The van der Waals surface area contributed by atoms with Gasteiger partial charge in [0.1, 0.15) is 17.8 Å². The second-order valence-electron chi connectivity index (χ2n) is 8.82. The Morgan fingerprint density at radius 3 is 2.63 bits per heavy atom. The molecule has 2 N–H and O–H groups in total. The molecule has 5 rings (SSSR count). The highest BCUT2D eigenvalue weighted by atomic mass is 35.5. The van der Waals surface area contributed by atoms with Crippen LogP contribution in [0.3, 0.4) is 0 Å². The van der Waals surface area contributed by atoms with Crippen LogP contribution in [-0.4, -0.2) is 43.9 Å². The molecule has 11 heteroatoms. The SMILES string of the molecule is COc1ccc2c(-c3cccc(Cl)c3)nn(CC(=O)N(c3ccc4nc(C)oc4c3)C(C)(O)O)c(=O)c2c1. The molecule has 0 unspecified atom stereocenters. The molecule has 194 valence electrons. The van der Waals surface area contributed by atoms with Gasteiger partial charge in [-0.3, -0.25) is 14.5 Å². The molecule has 0 spiro atoms. The maximum absolute atomic E-state index is 13.5. The summed E-state index contributed by atoms with van der Waals surface area (Å²) in [4.78, 5) is 32.0. The smallest absolute Gasteiger partial charge is 0.275 e. The predicted octanol–water partition coefficient (Wildman–Crippen LogP) is 3.87. The predicted molar refractivity (Wildman–Crippen MR) is 142 cm³/mol. The summed E-state index contributed by atoms with van der Waals surface area (Å²) in [7, 11) is 1.48. The van der Waals surface area contributed by atoms with E-state index in [1.54, 1.807) is 55.5 Å². The van der Waals surface area contributed by atoms with Crippen LogP contribution in [0, 0.1) is 6.92 Å². The molecule has 0 aliphatic carbocycles. The van der Waals surface area contributed by atoms with Gasteiger partial charge in [0, 0.05) is 35.9 Å². The lowest BCUT2D eigenvalue weighted by Crippen LogP contribution is -2.52. The van der Waals surface area contributed by atoms with Gasteiger partial charge in [-0.15, -0.1) is 0 Å². The van der Waals surface area contributed by atoms with E-state index in [1.807, 2.05) is 0 Å². The highest BCUT2D eigenvalue weighted by Crippen LogP contribution is 2.30. The summed E-state index contributed by atoms with van der Waals surface area (Å²) in [6, 6.07) is 16.5. The van der Waals surface area contributed by atoms with Crippen molar-refractivity contribution in [3.05, 3.63) is 81.9 Å². The van der Waals surface area contributed by atoms with E-state index in [1.165, 1.54) is 19.2 Å². The third-order valence-corrected chi connectivity index (χ3v) is 6.20. The molecule has 0 aliphatic heterocycles. The molecule has 2 aromatic heterocycles. The Labute approximate surface area is 221 Å². The lowest BCUT2D eigenvalue weighted by molar-refractivity contribution is -0.158. The van der Waals surface area contributed by atoms with Crippen LogP contribution in [0.1, 0.15) is 12.8 Å². The maximum Gasteiger partial charge on any atom is 0.275 e. The number of aliphatic hydroxyl groups is 2. The molecule has 0 saturated carbocycles. The largest absolute Gasteiger partial charge is 0.497 e. The number of carbonyl (C=O) groups is 1. The Morgan fingerprint density at radius 1 is 1.13 bits per heavy atom. The van der Waals surface area contributed by atoms with Crippen molar-refractivity contribution in [3.8, 4) is 17.0 Å². The van der Waals surface area contributed by atoms with E-state index in [4.69, 9.17) is 20.8 Å². The fourth-order valence-electron chi connectivity index (χ4n) is 4.34. The average molecular weight is 535 g/mol. The Hall–Kier alpha value is -4.25. The van der Waals surface area contributed by atoms with E-state index in [-0.39, 0.29) is 11.1 Å². The number of fused-ring (bicyclic) bond motifs is 2. The molecular weight excluding hydrogens is 512 g/mol. The van der Waals surface area contributed by atoms with Crippen LogP contribution in [0.25, 0.3) is 33.1 Å². The molecule has 0 aliphatic rings. The fourth-order valence-corrected chi connectivity index (χ4v) is 4.53. The first-order valence-electron chi connectivity index (χ1n) is 11.5. The van der Waals surface area contributed by atoms with Gasteiger partial charge in [-0.1, -0.05) is 23.7 Å².